The van der Waals surface area contributed by atoms with Gasteiger partial charge in [0.05, 0.1) is 0 Å². The van der Waals surface area contributed by atoms with E-state index in [-0.39, 0.29) is 0 Å². The Bertz CT molecular complexity index is 402. The van der Waals surface area contributed by atoms with Crippen LogP contribution in [0.25, 0.3) is 5.57 Å². The van der Waals surface area contributed by atoms with Gasteiger partial charge in [0.1, 0.15) is 0 Å². The van der Waals surface area contributed by atoms with Crippen molar-refractivity contribution in [2.75, 3.05) is 20.6 Å². The van der Waals surface area contributed by atoms with Crippen molar-refractivity contribution in [3.63, 3.8) is 0 Å². The molecule has 0 unspecified atom stereocenters. The van der Waals surface area contributed by atoms with E-state index in [4.69, 9.17) is 0 Å². The minimum Gasteiger partial charge on any atom is -0.309 e. The van der Waals surface area contributed by atoms with E-state index < -0.39 is 0 Å². The summed E-state index contributed by atoms with van der Waals surface area (Å²) in [5.74, 6) is 0. The first-order valence-corrected chi connectivity index (χ1v) is 6.16. The lowest BCUT2D eigenvalue weighted by molar-refractivity contribution is 0.412. The molecule has 0 aromatic heterocycles. The second kappa shape index (κ2) is 4.84. The highest BCUT2D eigenvalue weighted by atomic mass is 15.0. The van der Waals surface area contributed by atoms with Crippen molar-refractivity contribution in [2.24, 2.45) is 0 Å². The molecule has 0 radical (unpaired) electrons. The third-order valence-corrected chi connectivity index (χ3v) is 3.39. The van der Waals surface area contributed by atoms with Gasteiger partial charge in [-0.1, -0.05) is 36.8 Å². The lowest BCUT2D eigenvalue weighted by atomic mass is 10.0. The maximum absolute atomic E-state index is 2.27. The average Bonchev–Trinajstić information content (AvgIpc) is 2.63. The van der Waals surface area contributed by atoms with Gasteiger partial charge in [-0.2, -0.15) is 0 Å². The molecule has 0 atom stereocenters. The lowest BCUT2D eigenvalue weighted by Crippen LogP contribution is -2.13. The summed E-state index contributed by atoms with van der Waals surface area (Å²) >= 11 is 0. The molecule has 0 saturated heterocycles. The molecule has 1 aromatic carbocycles. The zero-order chi connectivity index (χ0) is 11.5. The quantitative estimate of drug-likeness (QED) is 0.744. The molecule has 0 amide bonds. The predicted octanol–water partition coefficient (Wildman–Crippen LogP) is 3.36. The smallest absolute Gasteiger partial charge is 0.00128 e. The van der Waals surface area contributed by atoms with Crippen LogP contribution in [0.1, 0.15) is 30.9 Å². The molecular formula is C15H21N. The number of fused-ring (bicyclic) bond motifs is 1. The van der Waals surface area contributed by atoms with Gasteiger partial charge in [-0.25, -0.2) is 0 Å². The molecule has 0 spiro atoms. The van der Waals surface area contributed by atoms with E-state index in [2.05, 4.69) is 50.2 Å². The van der Waals surface area contributed by atoms with Crippen LogP contribution < -0.4 is 0 Å². The average molecular weight is 215 g/mol. The van der Waals surface area contributed by atoms with Crippen molar-refractivity contribution in [3.05, 3.63) is 41.0 Å². The molecule has 0 fully saturated rings. The van der Waals surface area contributed by atoms with Crippen molar-refractivity contribution in [3.8, 4) is 0 Å². The van der Waals surface area contributed by atoms with Crippen LogP contribution >= 0.6 is 0 Å². The van der Waals surface area contributed by atoms with Crippen LogP contribution in [-0.4, -0.2) is 25.5 Å². The third kappa shape index (κ3) is 2.19. The van der Waals surface area contributed by atoms with Gasteiger partial charge in [-0.05, 0) is 50.1 Å². The summed E-state index contributed by atoms with van der Waals surface area (Å²) in [4.78, 5) is 2.27. The van der Waals surface area contributed by atoms with Gasteiger partial charge in [0.2, 0.25) is 0 Å². The minimum atomic E-state index is 1.16. The van der Waals surface area contributed by atoms with E-state index in [0.717, 1.165) is 6.54 Å². The van der Waals surface area contributed by atoms with E-state index in [0.29, 0.717) is 0 Å². The molecule has 0 bridgehead atoms. The molecule has 2 rings (SSSR count). The maximum atomic E-state index is 2.27. The molecule has 0 aliphatic heterocycles. The predicted molar refractivity (Wildman–Crippen MR) is 70.5 cm³/mol. The molecule has 1 aromatic rings. The van der Waals surface area contributed by atoms with E-state index in [9.17, 15) is 0 Å². The van der Waals surface area contributed by atoms with E-state index in [1.165, 1.54) is 30.4 Å². The van der Waals surface area contributed by atoms with Crippen molar-refractivity contribution < 1.29 is 0 Å². The Morgan fingerprint density at radius 1 is 1.19 bits per heavy atom. The monoisotopic (exact) mass is 215 g/mol. The Morgan fingerprint density at radius 2 is 1.94 bits per heavy atom. The Balaban J connectivity index is 2.20. The lowest BCUT2D eigenvalue weighted by Gasteiger charge is -2.11. The first-order chi connectivity index (χ1) is 7.72. The zero-order valence-electron chi connectivity index (χ0n) is 10.6. The highest BCUT2D eigenvalue weighted by Gasteiger charge is 2.18. The Labute approximate surface area is 98.8 Å². The fourth-order valence-electron chi connectivity index (χ4n) is 2.53. The number of hydrogen-bond donors (Lipinski definition) is 0. The molecular weight excluding hydrogens is 194 g/mol. The SMILES string of the molecule is CCC1=C(CCN(C)C)Cc2ccccc21. The van der Waals surface area contributed by atoms with Crippen LogP contribution in [0, 0.1) is 0 Å². The summed E-state index contributed by atoms with van der Waals surface area (Å²) in [5, 5.41) is 0. The van der Waals surface area contributed by atoms with E-state index >= 15 is 0 Å². The highest BCUT2D eigenvalue weighted by Crippen LogP contribution is 2.36. The molecule has 1 nitrogen and oxygen atoms in total. The van der Waals surface area contributed by atoms with Gasteiger partial charge in [0, 0.05) is 6.54 Å². The maximum Gasteiger partial charge on any atom is 0.00128 e. The summed E-state index contributed by atoms with van der Waals surface area (Å²) in [6.07, 6.45) is 3.55. The number of benzene rings is 1. The number of hydrogen-bond acceptors (Lipinski definition) is 1. The Hall–Kier alpha value is -1.08. The third-order valence-electron chi connectivity index (χ3n) is 3.39. The molecule has 16 heavy (non-hydrogen) atoms. The first kappa shape index (κ1) is 11.4. The van der Waals surface area contributed by atoms with E-state index in [1.54, 1.807) is 11.1 Å². The summed E-state index contributed by atoms with van der Waals surface area (Å²) in [6, 6.07) is 8.86. The molecule has 0 N–H and O–H groups in total. The summed E-state index contributed by atoms with van der Waals surface area (Å²) < 4.78 is 0. The van der Waals surface area contributed by atoms with Crippen LogP contribution in [0.3, 0.4) is 0 Å². The van der Waals surface area contributed by atoms with Crippen molar-refractivity contribution >= 4 is 5.57 Å². The molecule has 0 saturated carbocycles. The van der Waals surface area contributed by atoms with Crippen LogP contribution in [-0.2, 0) is 6.42 Å². The molecule has 1 aliphatic rings. The van der Waals surface area contributed by atoms with E-state index in [1.807, 2.05) is 0 Å². The topological polar surface area (TPSA) is 3.24 Å². The first-order valence-electron chi connectivity index (χ1n) is 6.16. The van der Waals surface area contributed by atoms with Gasteiger partial charge in [0.25, 0.3) is 0 Å². The van der Waals surface area contributed by atoms with Crippen molar-refractivity contribution in [2.45, 2.75) is 26.2 Å². The number of nitrogens with zero attached hydrogens (tertiary/aromatic N) is 1. The Morgan fingerprint density at radius 3 is 2.62 bits per heavy atom. The molecule has 0 heterocycles. The van der Waals surface area contributed by atoms with Crippen LogP contribution in [0.2, 0.25) is 0 Å². The van der Waals surface area contributed by atoms with Gasteiger partial charge < -0.3 is 4.90 Å². The van der Waals surface area contributed by atoms with Gasteiger partial charge in [0.15, 0.2) is 0 Å². The van der Waals surface area contributed by atoms with Crippen molar-refractivity contribution in [1.82, 2.24) is 4.90 Å². The fourth-order valence-corrected chi connectivity index (χ4v) is 2.53. The largest absolute Gasteiger partial charge is 0.309 e. The van der Waals surface area contributed by atoms with Crippen LogP contribution in [0.5, 0.6) is 0 Å². The molecule has 86 valence electrons. The number of allylic oxidation sites excluding steroid dienone is 1. The second-order valence-electron chi connectivity index (χ2n) is 4.82. The fraction of sp³-hybridized carbons (Fsp3) is 0.467. The van der Waals surface area contributed by atoms with Gasteiger partial charge in [-0.15, -0.1) is 0 Å². The summed E-state index contributed by atoms with van der Waals surface area (Å²) in [7, 11) is 4.29. The molecule has 1 aliphatic carbocycles. The summed E-state index contributed by atoms with van der Waals surface area (Å²) in [6.45, 7) is 3.43. The van der Waals surface area contributed by atoms with Crippen LogP contribution in [0.15, 0.2) is 29.8 Å². The number of rotatable bonds is 4. The standard InChI is InChI=1S/C15H21N/c1-4-14-13(9-10-16(2)3)11-12-7-5-6-8-15(12)14/h5-8H,4,9-11H2,1-3H3. The highest BCUT2D eigenvalue weighted by molar-refractivity contribution is 5.76. The molecule has 1 heteroatoms. The second-order valence-corrected chi connectivity index (χ2v) is 4.82. The Kier molecular flexibility index (Phi) is 3.45. The summed E-state index contributed by atoms with van der Waals surface area (Å²) in [5.41, 5.74) is 6.27. The van der Waals surface area contributed by atoms with Gasteiger partial charge >= 0.3 is 0 Å². The normalized spacial score (nSPS) is 14.8. The minimum absolute atomic E-state index is 1.16. The van der Waals surface area contributed by atoms with Crippen LogP contribution in [0.4, 0.5) is 0 Å². The van der Waals surface area contributed by atoms with Gasteiger partial charge in [-0.3, -0.25) is 0 Å². The zero-order valence-corrected chi connectivity index (χ0v) is 10.6. The van der Waals surface area contributed by atoms with Crippen molar-refractivity contribution in [1.29, 1.82) is 0 Å².